The van der Waals surface area contributed by atoms with Gasteiger partial charge in [0.15, 0.2) is 0 Å². The molecule has 0 aliphatic heterocycles. The Morgan fingerprint density at radius 2 is 1.07 bits per heavy atom. The minimum Gasteiger partial charge on any atom is -0.198 e. The average Bonchev–Trinajstić information content (AvgIpc) is 2.10. The Morgan fingerprint density at radius 1 is 0.786 bits per heavy atom. The summed E-state index contributed by atoms with van der Waals surface area (Å²) in [6.07, 6.45) is 1.67. The molecule has 0 aliphatic carbocycles. The fraction of sp³-hybridized carbons (Fsp3) is 0.833. The number of hydrogen-bond acceptors (Lipinski definition) is 2. The predicted octanol–water partition coefficient (Wildman–Crippen LogP) is 3.36. The summed E-state index contributed by atoms with van der Waals surface area (Å²) < 4.78 is 0. The summed E-state index contributed by atoms with van der Waals surface area (Å²) in [6, 6.07) is 4.53. The molecule has 0 radical (unpaired) electrons. The molecular weight excluding hydrogens is 172 g/mol. The first-order valence-electron chi connectivity index (χ1n) is 5.30. The van der Waals surface area contributed by atoms with Crippen LogP contribution < -0.4 is 0 Å². The number of nitriles is 2. The molecule has 78 valence electrons. The van der Waals surface area contributed by atoms with Crippen molar-refractivity contribution in [3.63, 3.8) is 0 Å². The van der Waals surface area contributed by atoms with E-state index in [1.54, 1.807) is 0 Å². The molecule has 2 heteroatoms. The third-order valence-electron chi connectivity index (χ3n) is 2.27. The zero-order valence-electron chi connectivity index (χ0n) is 9.62. The fourth-order valence-electron chi connectivity index (χ4n) is 1.63. The summed E-state index contributed by atoms with van der Waals surface area (Å²) in [4.78, 5) is 0. The molecule has 2 nitrogen and oxygen atoms in total. The van der Waals surface area contributed by atoms with Gasteiger partial charge in [-0.05, 0) is 24.7 Å². The van der Waals surface area contributed by atoms with Crippen molar-refractivity contribution in [3.8, 4) is 12.1 Å². The van der Waals surface area contributed by atoms with Gasteiger partial charge in [0.2, 0.25) is 0 Å². The van der Waals surface area contributed by atoms with Gasteiger partial charge < -0.3 is 0 Å². The maximum absolute atomic E-state index is 8.99. The van der Waals surface area contributed by atoms with Crippen LogP contribution in [-0.2, 0) is 0 Å². The maximum Gasteiger partial charge on any atom is 0.0669 e. The molecule has 14 heavy (non-hydrogen) atoms. The van der Waals surface area contributed by atoms with E-state index in [1.165, 1.54) is 0 Å². The highest BCUT2D eigenvalue weighted by atomic mass is 14.4. The van der Waals surface area contributed by atoms with Crippen molar-refractivity contribution in [2.45, 2.75) is 40.5 Å². The van der Waals surface area contributed by atoms with Crippen LogP contribution in [0.3, 0.4) is 0 Å². The first kappa shape index (κ1) is 13.0. The monoisotopic (exact) mass is 192 g/mol. The van der Waals surface area contributed by atoms with E-state index in [0.29, 0.717) is 11.8 Å². The largest absolute Gasteiger partial charge is 0.198 e. The van der Waals surface area contributed by atoms with Crippen LogP contribution in [0.25, 0.3) is 0 Å². The maximum atomic E-state index is 8.99. The molecule has 2 unspecified atom stereocenters. The molecule has 0 aliphatic rings. The van der Waals surface area contributed by atoms with Gasteiger partial charge in [-0.15, -0.1) is 0 Å². The lowest BCUT2D eigenvalue weighted by atomic mass is 9.82. The SMILES string of the molecule is CC(C)CC(C#N)C(C#N)CC(C)C. The van der Waals surface area contributed by atoms with Gasteiger partial charge in [0.25, 0.3) is 0 Å². The Labute approximate surface area is 87.5 Å². The van der Waals surface area contributed by atoms with E-state index < -0.39 is 0 Å². The highest BCUT2D eigenvalue weighted by Crippen LogP contribution is 2.25. The van der Waals surface area contributed by atoms with E-state index in [9.17, 15) is 0 Å². The van der Waals surface area contributed by atoms with Gasteiger partial charge in [0.05, 0.1) is 24.0 Å². The summed E-state index contributed by atoms with van der Waals surface area (Å²) in [5.74, 6) is 0.787. The van der Waals surface area contributed by atoms with Gasteiger partial charge in [0.1, 0.15) is 0 Å². The van der Waals surface area contributed by atoms with Crippen LogP contribution in [0, 0.1) is 46.3 Å². The number of rotatable bonds is 5. The molecule has 0 saturated carbocycles. The molecule has 0 heterocycles. The van der Waals surface area contributed by atoms with Crippen molar-refractivity contribution >= 4 is 0 Å². The van der Waals surface area contributed by atoms with Gasteiger partial charge in [-0.2, -0.15) is 10.5 Å². The normalized spacial score (nSPS) is 14.9. The van der Waals surface area contributed by atoms with Crippen LogP contribution in [-0.4, -0.2) is 0 Å². The Hall–Kier alpha value is -1.02. The Bertz CT molecular complexity index is 204. The third-order valence-corrected chi connectivity index (χ3v) is 2.27. The van der Waals surface area contributed by atoms with E-state index in [-0.39, 0.29) is 11.8 Å². The van der Waals surface area contributed by atoms with Gasteiger partial charge in [-0.3, -0.25) is 0 Å². The summed E-state index contributed by atoms with van der Waals surface area (Å²) in [6.45, 7) is 8.37. The first-order valence-corrected chi connectivity index (χ1v) is 5.30. The lowest BCUT2D eigenvalue weighted by molar-refractivity contribution is 0.352. The first-order chi connectivity index (χ1) is 6.51. The number of nitrogens with zero attached hydrogens (tertiary/aromatic N) is 2. The Balaban J connectivity index is 4.33. The van der Waals surface area contributed by atoms with E-state index in [1.807, 2.05) is 0 Å². The molecule has 0 amide bonds. The standard InChI is InChI=1S/C12H20N2/c1-9(2)5-11(7-13)12(8-14)6-10(3)4/h9-12H,5-6H2,1-4H3. The molecule has 0 bridgehead atoms. The molecular formula is C12H20N2. The molecule has 0 aromatic heterocycles. The van der Waals surface area contributed by atoms with Crippen LogP contribution in [0.1, 0.15) is 40.5 Å². The zero-order chi connectivity index (χ0) is 11.1. The summed E-state index contributed by atoms with van der Waals surface area (Å²) in [5.41, 5.74) is 0. The van der Waals surface area contributed by atoms with Gasteiger partial charge in [0, 0.05) is 0 Å². The van der Waals surface area contributed by atoms with Gasteiger partial charge in [-0.1, -0.05) is 27.7 Å². The molecule has 0 fully saturated rings. The smallest absolute Gasteiger partial charge is 0.0669 e. The van der Waals surface area contributed by atoms with Crippen molar-refractivity contribution < 1.29 is 0 Å². The topological polar surface area (TPSA) is 47.6 Å². The second-order valence-electron chi connectivity index (χ2n) is 4.73. The van der Waals surface area contributed by atoms with Crippen molar-refractivity contribution in [3.05, 3.63) is 0 Å². The highest BCUT2D eigenvalue weighted by Gasteiger charge is 2.22. The highest BCUT2D eigenvalue weighted by molar-refractivity contribution is 4.98. The average molecular weight is 192 g/mol. The molecule has 0 spiro atoms. The van der Waals surface area contributed by atoms with Crippen LogP contribution in [0.2, 0.25) is 0 Å². The lowest BCUT2D eigenvalue weighted by Crippen LogP contribution is -2.15. The van der Waals surface area contributed by atoms with E-state index in [0.717, 1.165) is 12.8 Å². The Kier molecular flexibility index (Phi) is 5.97. The molecule has 0 rings (SSSR count). The van der Waals surface area contributed by atoms with E-state index in [4.69, 9.17) is 10.5 Å². The molecule has 0 aromatic carbocycles. The Morgan fingerprint density at radius 3 is 1.21 bits per heavy atom. The van der Waals surface area contributed by atoms with Gasteiger partial charge in [-0.25, -0.2) is 0 Å². The van der Waals surface area contributed by atoms with E-state index in [2.05, 4.69) is 39.8 Å². The summed E-state index contributed by atoms with van der Waals surface area (Å²) >= 11 is 0. The van der Waals surface area contributed by atoms with Crippen molar-refractivity contribution in [1.82, 2.24) is 0 Å². The molecule has 2 atom stereocenters. The third kappa shape index (κ3) is 4.87. The lowest BCUT2D eigenvalue weighted by Gasteiger charge is -2.18. The zero-order valence-corrected chi connectivity index (χ0v) is 9.62. The van der Waals surface area contributed by atoms with E-state index >= 15 is 0 Å². The second-order valence-corrected chi connectivity index (χ2v) is 4.73. The van der Waals surface area contributed by atoms with Crippen LogP contribution in [0.5, 0.6) is 0 Å². The number of hydrogen-bond donors (Lipinski definition) is 0. The second kappa shape index (κ2) is 6.44. The molecule has 0 saturated heterocycles. The fourth-order valence-corrected chi connectivity index (χ4v) is 1.63. The van der Waals surface area contributed by atoms with Crippen molar-refractivity contribution in [2.75, 3.05) is 0 Å². The minimum atomic E-state index is -0.0950. The van der Waals surface area contributed by atoms with Crippen molar-refractivity contribution in [1.29, 1.82) is 10.5 Å². The quantitative estimate of drug-likeness (QED) is 0.670. The molecule has 0 aromatic rings. The molecule has 0 N–H and O–H groups in total. The predicted molar refractivity (Wildman–Crippen MR) is 57.1 cm³/mol. The minimum absolute atomic E-state index is 0.0950. The van der Waals surface area contributed by atoms with Crippen LogP contribution >= 0.6 is 0 Å². The van der Waals surface area contributed by atoms with Crippen LogP contribution in [0.15, 0.2) is 0 Å². The van der Waals surface area contributed by atoms with Gasteiger partial charge >= 0.3 is 0 Å². The summed E-state index contributed by atoms with van der Waals surface area (Å²) in [7, 11) is 0. The summed E-state index contributed by atoms with van der Waals surface area (Å²) in [5, 5.41) is 18.0. The van der Waals surface area contributed by atoms with Crippen LogP contribution in [0.4, 0.5) is 0 Å². The van der Waals surface area contributed by atoms with Crippen molar-refractivity contribution in [2.24, 2.45) is 23.7 Å².